The zero-order valence-corrected chi connectivity index (χ0v) is 13.3. The van der Waals surface area contributed by atoms with Gasteiger partial charge in [0.2, 0.25) is 10.0 Å². The SMILES string of the molecule is COC1CN(S(=O)(=O)c2cccc(CO)c2C)CC1OC. The molecule has 0 saturated carbocycles. The summed E-state index contributed by atoms with van der Waals surface area (Å²) in [4.78, 5) is 0.223. The molecule has 0 bridgehead atoms. The summed E-state index contributed by atoms with van der Waals surface area (Å²) in [6, 6.07) is 4.92. The Balaban J connectivity index is 2.36. The summed E-state index contributed by atoms with van der Waals surface area (Å²) >= 11 is 0. The first-order chi connectivity index (χ1) is 9.95. The number of aliphatic hydroxyl groups excluding tert-OH is 1. The number of rotatable bonds is 5. The van der Waals surface area contributed by atoms with Crippen molar-refractivity contribution < 1.29 is 23.0 Å². The molecule has 2 rings (SSSR count). The van der Waals surface area contributed by atoms with Gasteiger partial charge in [-0.1, -0.05) is 12.1 Å². The molecular weight excluding hydrogens is 294 g/mol. The summed E-state index contributed by atoms with van der Waals surface area (Å²) in [6.07, 6.45) is -0.544. The average Bonchev–Trinajstić information content (AvgIpc) is 2.91. The Morgan fingerprint density at radius 3 is 2.29 bits per heavy atom. The van der Waals surface area contributed by atoms with Gasteiger partial charge in [0.15, 0.2) is 0 Å². The van der Waals surface area contributed by atoms with Gasteiger partial charge in [-0.3, -0.25) is 0 Å². The lowest BCUT2D eigenvalue weighted by atomic mass is 10.1. The van der Waals surface area contributed by atoms with Gasteiger partial charge in [0.1, 0.15) is 0 Å². The van der Waals surface area contributed by atoms with Crippen LogP contribution in [0.4, 0.5) is 0 Å². The fourth-order valence-corrected chi connectivity index (χ4v) is 4.34. The second kappa shape index (κ2) is 6.41. The summed E-state index contributed by atoms with van der Waals surface area (Å²) in [7, 11) is -0.534. The number of sulfonamides is 1. The van der Waals surface area contributed by atoms with Gasteiger partial charge in [0, 0.05) is 27.3 Å². The highest BCUT2D eigenvalue weighted by molar-refractivity contribution is 7.89. The van der Waals surface area contributed by atoms with Crippen LogP contribution in [-0.4, -0.2) is 57.3 Å². The molecule has 1 aliphatic rings. The smallest absolute Gasteiger partial charge is 0.243 e. The molecule has 1 fully saturated rings. The number of ether oxygens (including phenoxy) is 2. The molecule has 1 aliphatic heterocycles. The largest absolute Gasteiger partial charge is 0.392 e. The molecular formula is C14H21NO5S. The van der Waals surface area contributed by atoms with Crippen LogP contribution in [0.2, 0.25) is 0 Å². The van der Waals surface area contributed by atoms with Gasteiger partial charge in [-0.2, -0.15) is 4.31 Å². The molecule has 1 aromatic rings. The van der Waals surface area contributed by atoms with Crippen molar-refractivity contribution in [3.05, 3.63) is 29.3 Å². The van der Waals surface area contributed by atoms with E-state index in [-0.39, 0.29) is 36.8 Å². The van der Waals surface area contributed by atoms with E-state index in [1.54, 1.807) is 39.3 Å². The Morgan fingerprint density at radius 1 is 1.24 bits per heavy atom. The molecule has 1 N–H and O–H groups in total. The van der Waals surface area contributed by atoms with Crippen molar-refractivity contribution in [3.8, 4) is 0 Å². The number of aliphatic hydroxyl groups is 1. The summed E-state index contributed by atoms with van der Waals surface area (Å²) in [5, 5.41) is 9.29. The molecule has 0 aromatic heterocycles. The van der Waals surface area contributed by atoms with E-state index in [4.69, 9.17) is 9.47 Å². The molecule has 2 atom stereocenters. The highest BCUT2D eigenvalue weighted by Gasteiger charge is 2.40. The fraction of sp³-hybridized carbons (Fsp3) is 0.571. The van der Waals surface area contributed by atoms with Crippen LogP contribution < -0.4 is 0 Å². The number of methoxy groups -OCH3 is 2. The van der Waals surface area contributed by atoms with Crippen LogP contribution in [0.1, 0.15) is 11.1 Å². The lowest BCUT2D eigenvalue weighted by molar-refractivity contribution is -0.00461. The molecule has 0 radical (unpaired) electrons. The van der Waals surface area contributed by atoms with Gasteiger partial charge in [-0.25, -0.2) is 8.42 Å². The van der Waals surface area contributed by atoms with E-state index in [0.717, 1.165) is 0 Å². The van der Waals surface area contributed by atoms with Crippen LogP contribution in [0.5, 0.6) is 0 Å². The Kier molecular flexibility index (Phi) is 5.00. The van der Waals surface area contributed by atoms with Crippen molar-refractivity contribution >= 4 is 10.0 Å². The standard InChI is InChI=1S/C14H21NO5S/c1-10-11(9-16)5-4-6-14(10)21(17,18)15-7-12(19-2)13(8-15)20-3/h4-6,12-13,16H,7-9H2,1-3H3. The van der Waals surface area contributed by atoms with Gasteiger partial charge in [-0.05, 0) is 24.1 Å². The molecule has 1 aromatic carbocycles. The third-order valence-corrected chi connectivity index (χ3v) is 5.95. The van der Waals surface area contributed by atoms with Crippen molar-refractivity contribution in [2.75, 3.05) is 27.3 Å². The van der Waals surface area contributed by atoms with Crippen LogP contribution in [0, 0.1) is 6.92 Å². The monoisotopic (exact) mass is 315 g/mol. The average molecular weight is 315 g/mol. The molecule has 1 saturated heterocycles. The van der Waals surface area contributed by atoms with Crippen molar-refractivity contribution in [3.63, 3.8) is 0 Å². The number of hydrogen-bond acceptors (Lipinski definition) is 5. The maximum Gasteiger partial charge on any atom is 0.243 e. The van der Waals surface area contributed by atoms with E-state index >= 15 is 0 Å². The molecule has 0 aliphatic carbocycles. The molecule has 7 heteroatoms. The molecule has 0 spiro atoms. The Labute approximate surface area is 125 Å². The minimum Gasteiger partial charge on any atom is -0.392 e. The van der Waals surface area contributed by atoms with E-state index in [0.29, 0.717) is 11.1 Å². The molecule has 118 valence electrons. The van der Waals surface area contributed by atoms with E-state index in [2.05, 4.69) is 0 Å². The molecule has 21 heavy (non-hydrogen) atoms. The second-order valence-corrected chi connectivity index (χ2v) is 6.98. The third-order valence-electron chi connectivity index (χ3n) is 3.97. The highest BCUT2D eigenvalue weighted by Crippen LogP contribution is 2.27. The maximum absolute atomic E-state index is 12.8. The lowest BCUT2D eigenvalue weighted by Crippen LogP contribution is -2.30. The van der Waals surface area contributed by atoms with E-state index in [9.17, 15) is 13.5 Å². The highest BCUT2D eigenvalue weighted by atomic mass is 32.2. The van der Waals surface area contributed by atoms with Crippen molar-refractivity contribution in [1.29, 1.82) is 0 Å². The number of benzene rings is 1. The lowest BCUT2D eigenvalue weighted by Gasteiger charge is -2.18. The first-order valence-electron chi connectivity index (χ1n) is 6.70. The van der Waals surface area contributed by atoms with Crippen molar-refractivity contribution in [1.82, 2.24) is 4.31 Å². The Hall–Kier alpha value is -0.990. The van der Waals surface area contributed by atoms with Crippen LogP contribution in [0.15, 0.2) is 23.1 Å². The van der Waals surface area contributed by atoms with Crippen LogP contribution >= 0.6 is 0 Å². The minimum absolute atomic E-state index is 0.184. The van der Waals surface area contributed by atoms with Crippen molar-refractivity contribution in [2.45, 2.75) is 30.6 Å². The third kappa shape index (κ3) is 2.97. The van der Waals surface area contributed by atoms with Crippen LogP contribution in [0.3, 0.4) is 0 Å². The Morgan fingerprint density at radius 2 is 1.81 bits per heavy atom. The zero-order valence-electron chi connectivity index (χ0n) is 12.4. The van der Waals surface area contributed by atoms with Crippen LogP contribution in [0.25, 0.3) is 0 Å². The Bertz CT molecular complexity index is 589. The zero-order chi connectivity index (χ0) is 15.6. The normalized spacial score (nSPS) is 23.6. The van der Waals surface area contributed by atoms with Crippen molar-refractivity contribution in [2.24, 2.45) is 0 Å². The van der Waals surface area contributed by atoms with Gasteiger partial charge >= 0.3 is 0 Å². The predicted octanol–water partition coefficient (Wildman–Crippen LogP) is 0.522. The molecule has 0 amide bonds. The first kappa shape index (κ1) is 16.4. The van der Waals surface area contributed by atoms with Gasteiger partial charge in [0.25, 0.3) is 0 Å². The molecule has 6 nitrogen and oxygen atoms in total. The predicted molar refractivity (Wildman–Crippen MR) is 77.5 cm³/mol. The van der Waals surface area contributed by atoms with Gasteiger partial charge in [0.05, 0.1) is 23.7 Å². The van der Waals surface area contributed by atoms with E-state index in [1.807, 2.05) is 0 Å². The van der Waals surface area contributed by atoms with E-state index in [1.165, 1.54) is 4.31 Å². The van der Waals surface area contributed by atoms with Gasteiger partial charge < -0.3 is 14.6 Å². The number of nitrogens with zero attached hydrogens (tertiary/aromatic N) is 1. The summed E-state index contributed by atoms with van der Waals surface area (Å²) < 4.78 is 37.5. The maximum atomic E-state index is 12.8. The topological polar surface area (TPSA) is 76.1 Å². The fourth-order valence-electron chi connectivity index (χ4n) is 2.61. The summed E-state index contributed by atoms with van der Waals surface area (Å²) in [5.74, 6) is 0. The first-order valence-corrected chi connectivity index (χ1v) is 8.14. The summed E-state index contributed by atoms with van der Waals surface area (Å²) in [6.45, 7) is 2.05. The number of hydrogen-bond donors (Lipinski definition) is 1. The van der Waals surface area contributed by atoms with E-state index < -0.39 is 10.0 Å². The minimum atomic E-state index is -3.63. The molecule has 2 unspecified atom stereocenters. The molecule has 1 heterocycles. The quantitative estimate of drug-likeness (QED) is 0.857. The van der Waals surface area contributed by atoms with Crippen LogP contribution in [-0.2, 0) is 26.1 Å². The van der Waals surface area contributed by atoms with Gasteiger partial charge in [-0.15, -0.1) is 0 Å². The summed E-state index contributed by atoms with van der Waals surface area (Å²) in [5.41, 5.74) is 1.19. The second-order valence-electron chi connectivity index (χ2n) is 5.07.